The van der Waals surface area contributed by atoms with Crippen molar-refractivity contribution in [2.75, 3.05) is 10.6 Å². The van der Waals surface area contributed by atoms with E-state index in [1.54, 1.807) is 12.4 Å². The zero-order valence-corrected chi connectivity index (χ0v) is 15.0. The van der Waals surface area contributed by atoms with Crippen molar-refractivity contribution >= 4 is 33.8 Å². The van der Waals surface area contributed by atoms with E-state index in [0.29, 0.717) is 12.3 Å². The molecule has 0 saturated heterocycles. The molecule has 0 fully saturated rings. The van der Waals surface area contributed by atoms with E-state index >= 15 is 0 Å². The highest BCUT2D eigenvalue weighted by Gasteiger charge is 2.07. The minimum absolute atomic E-state index is 0.0290. The molecule has 3 rings (SSSR count). The van der Waals surface area contributed by atoms with Gasteiger partial charge >= 0.3 is 0 Å². The van der Waals surface area contributed by atoms with E-state index in [1.165, 1.54) is 11.3 Å². The fourth-order valence-corrected chi connectivity index (χ4v) is 3.11. The van der Waals surface area contributed by atoms with Crippen molar-refractivity contribution < 1.29 is 4.79 Å². The van der Waals surface area contributed by atoms with Crippen LogP contribution in [0.5, 0.6) is 0 Å². The molecule has 0 saturated carbocycles. The van der Waals surface area contributed by atoms with Crippen LogP contribution < -0.4 is 10.6 Å². The average Bonchev–Trinajstić information content (AvgIpc) is 3.03. The normalized spacial score (nSPS) is 10.7. The second-order valence-corrected chi connectivity index (χ2v) is 6.98. The van der Waals surface area contributed by atoms with E-state index in [2.05, 4.69) is 20.6 Å². The van der Waals surface area contributed by atoms with Crippen molar-refractivity contribution in [3.8, 4) is 11.3 Å². The van der Waals surface area contributed by atoms with Crippen LogP contribution in [0.4, 0.5) is 16.5 Å². The average molecular weight is 352 g/mol. The Morgan fingerprint density at radius 3 is 2.68 bits per heavy atom. The molecule has 0 spiro atoms. The third-order valence-electron chi connectivity index (χ3n) is 3.47. The highest BCUT2D eigenvalue weighted by atomic mass is 32.1. The van der Waals surface area contributed by atoms with E-state index in [1.807, 2.05) is 55.6 Å². The topological polar surface area (TPSA) is 66.9 Å². The van der Waals surface area contributed by atoms with Gasteiger partial charge in [0, 0.05) is 41.1 Å². The fraction of sp³-hybridized carbons (Fsp3) is 0.211. The zero-order chi connectivity index (χ0) is 17.6. The smallest absolute Gasteiger partial charge is 0.224 e. The van der Waals surface area contributed by atoms with Gasteiger partial charge in [-0.15, -0.1) is 11.3 Å². The molecular weight excluding hydrogens is 332 g/mol. The van der Waals surface area contributed by atoms with Gasteiger partial charge in [-0.25, -0.2) is 4.98 Å². The van der Waals surface area contributed by atoms with Crippen molar-refractivity contribution in [1.29, 1.82) is 0 Å². The third kappa shape index (κ3) is 4.87. The molecule has 2 N–H and O–H groups in total. The summed E-state index contributed by atoms with van der Waals surface area (Å²) in [7, 11) is 0. The molecule has 2 heterocycles. The van der Waals surface area contributed by atoms with Crippen LogP contribution >= 0.6 is 11.3 Å². The summed E-state index contributed by atoms with van der Waals surface area (Å²) in [6.45, 7) is 4.06. The minimum atomic E-state index is 0.0290. The Labute approximate surface area is 151 Å². The molecule has 2 aromatic heterocycles. The van der Waals surface area contributed by atoms with Crippen molar-refractivity contribution in [2.45, 2.75) is 20.3 Å². The van der Waals surface area contributed by atoms with E-state index < -0.39 is 0 Å². The lowest BCUT2D eigenvalue weighted by Crippen LogP contribution is -2.13. The number of carbonyl (C=O) groups excluding carboxylic acids is 1. The number of carbonyl (C=O) groups is 1. The van der Waals surface area contributed by atoms with Gasteiger partial charge in [-0.05, 0) is 36.2 Å². The first-order chi connectivity index (χ1) is 12.1. The molecule has 0 aliphatic rings. The molecule has 6 heteroatoms. The standard InChI is InChI=1S/C19H20N4OS/c1-13(2)10-18(24)21-15-4-3-5-16(11-15)22-19-23-17(12-25-19)14-6-8-20-9-7-14/h3-9,11-13H,10H2,1-2H3,(H,21,24)(H,22,23). The molecule has 0 unspecified atom stereocenters. The van der Waals surface area contributed by atoms with Crippen LogP contribution in [0, 0.1) is 5.92 Å². The highest BCUT2D eigenvalue weighted by Crippen LogP contribution is 2.27. The predicted octanol–water partition coefficient (Wildman–Crippen LogP) is 4.93. The van der Waals surface area contributed by atoms with Gasteiger partial charge < -0.3 is 10.6 Å². The Morgan fingerprint density at radius 1 is 1.16 bits per heavy atom. The van der Waals surface area contributed by atoms with Gasteiger partial charge in [-0.3, -0.25) is 9.78 Å². The van der Waals surface area contributed by atoms with E-state index in [9.17, 15) is 4.79 Å². The number of nitrogens with zero attached hydrogens (tertiary/aromatic N) is 2. The second-order valence-electron chi connectivity index (χ2n) is 6.13. The van der Waals surface area contributed by atoms with Gasteiger partial charge in [0.25, 0.3) is 0 Å². The molecular formula is C19H20N4OS. The Kier molecular flexibility index (Phi) is 5.40. The number of thiazole rings is 1. The number of hydrogen-bond donors (Lipinski definition) is 2. The summed E-state index contributed by atoms with van der Waals surface area (Å²) in [6.07, 6.45) is 4.02. The monoisotopic (exact) mass is 352 g/mol. The van der Waals surface area contributed by atoms with Crippen LogP contribution in [0.2, 0.25) is 0 Å². The van der Waals surface area contributed by atoms with E-state index in [4.69, 9.17) is 0 Å². The SMILES string of the molecule is CC(C)CC(=O)Nc1cccc(Nc2nc(-c3ccncc3)cs2)c1. The molecule has 25 heavy (non-hydrogen) atoms. The predicted molar refractivity (Wildman–Crippen MR) is 103 cm³/mol. The molecule has 1 aromatic carbocycles. The van der Waals surface area contributed by atoms with Crippen LogP contribution in [0.3, 0.4) is 0 Å². The highest BCUT2D eigenvalue weighted by molar-refractivity contribution is 7.14. The maximum atomic E-state index is 11.9. The molecule has 0 aliphatic carbocycles. The molecule has 0 aliphatic heterocycles. The van der Waals surface area contributed by atoms with Gasteiger partial charge in [0.1, 0.15) is 0 Å². The number of amides is 1. The maximum absolute atomic E-state index is 11.9. The Balaban J connectivity index is 1.68. The number of rotatable bonds is 6. The first-order valence-corrected chi connectivity index (χ1v) is 9.01. The molecule has 3 aromatic rings. The lowest BCUT2D eigenvalue weighted by molar-refractivity contribution is -0.116. The van der Waals surface area contributed by atoms with Crippen molar-refractivity contribution in [3.05, 3.63) is 54.2 Å². The number of aromatic nitrogens is 2. The van der Waals surface area contributed by atoms with Crippen molar-refractivity contribution in [2.24, 2.45) is 5.92 Å². The van der Waals surface area contributed by atoms with Gasteiger partial charge in [-0.1, -0.05) is 19.9 Å². The first kappa shape index (κ1) is 17.1. The van der Waals surface area contributed by atoms with E-state index in [-0.39, 0.29) is 5.91 Å². The molecule has 1 amide bonds. The summed E-state index contributed by atoms with van der Waals surface area (Å²) in [6, 6.07) is 11.5. The minimum Gasteiger partial charge on any atom is -0.331 e. The van der Waals surface area contributed by atoms with E-state index in [0.717, 1.165) is 27.8 Å². The largest absolute Gasteiger partial charge is 0.331 e. The summed E-state index contributed by atoms with van der Waals surface area (Å²) in [4.78, 5) is 20.5. The number of hydrogen-bond acceptors (Lipinski definition) is 5. The number of nitrogens with one attached hydrogen (secondary N) is 2. The van der Waals surface area contributed by atoms with Crippen LogP contribution in [0.15, 0.2) is 54.2 Å². The summed E-state index contributed by atoms with van der Waals surface area (Å²) in [5.74, 6) is 0.365. The number of pyridine rings is 1. The van der Waals surface area contributed by atoms with Crippen molar-refractivity contribution in [1.82, 2.24) is 9.97 Å². The summed E-state index contributed by atoms with van der Waals surface area (Å²) in [5.41, 5.74) is 3.62. The molecule has 0 radical (unpaired) electrons. The Bertz CT molecular complexity index is 845. The Morgan fingerprint density at radius 2 is 1.92 bits per heavy atom. The first-order valence-electron chi connectivity index (χ1n) is 8.13. The van der Waals surface area contributed by atoms with Crippen molar-refractivity contribution in [3.63, 3.8) is 0 Å². The third-order valence-corrected chi connectivity index (χ3v) is 4.23. The summed E-state index contributed by atoms with van der Waals surface area (Å²) >= 11 is 1.54. The van der Waals surface area contributed by atoms with Crippen LogP contribution in [-0.2, 0) is 4.79 Å². The number of benzene rings is 1. The Hall–Kier alpha value is -2.73. The van der Waals surface area contributed by atoms with Gasteiger partial charge in [0.15, 0.2) is 5.13 Å². The molecule has 5 nitrogen and oxygen atoms in total. The fourth-order valence-electron chi connectivity index (χ4n) is 2.37. The van der Waals surface area contributed by atoms with Gasteiger partial charge in [0.05, 0.1) is 5.69 Å². The zero-order valence-electron chi connectivity index (χ0n) is 14.2. The molecule has 0 atom stereocenters. The molecule has 128 valence electrons. The summed E-state index contributed by atoms with van der Waals surface area (Å²) in [5, 5.41) is 9.03. The number of anilines is 3. The van der Waals surface area contributed by atoms with Gasteiger partial charge in [0.2, 0.25) is 5.91 Å². The van der Waals surface area contributed by atoms with Crippen LogP contribution in [-0.4, -0.2) is 15.9 Å². The van der Waals surface area contributed by atoms with Crippen LogP contribution in [0.25, 0.3) is 11.3 Å². The van der Waals surface area contributed by atoms with Gasteiger partial charge in [-0.2, -0.15) is 0 Å². The second kappa shape index (κ2) is 7.90. The molecule has 0 bridgehead atoms. The quantitative estimate of drug-likeness (QED) is 0.660. The summed E-state index contributed by atoms with van der Waals surface area (Å²) < 4.78 is 0. The van der Waals surface area contributed by atoms with Crippen LogP contribution in [0.1, 0.15) is 20.3 Å². The lowest BCUT2D eigenvalue weighted by atomic mass is 10.1. The maximum Gasteiger partial charge on any atom is 0.224 e. The lowest BCUT2D eigenvalue weighted by Gasteiger charge is -2.09.